The van der Waals surface area contributed by atoms with E-state index in [1.165, 1.54) is 0 Å². The first-order chi connectivity index (χ1) is 10.5. The van der Waals surface area contributed by atoms with Crippen LogP contribution >= 0.6 is 0 Å². The molecule has 0 spiro atoms. The standard InChI is InChI=1S/C15H25N5O2/c1-11-5-6-13(18-9-11)20-14(21)7-8-17-15(16-3)19-12(2)10-22-4/h5-6,9,12H,7-8,10H2,1-4H3,(H2,16,17,19)(H,18,20,21). The number of nitrogens with one attached hydrogen (secondary N) is 3. The van der Waals surface area contributed by atoms with Crippen molar-refractivity contribution < 1.29 is 9.53 Å². The second-order valence-corrected chi connectivity index (χ2v) is 5.02. The second-order valence-electron chi connectivity index (χ2n) is 5.02. The SMILES string of the molecule is CN=C(NCCC(=O)Nc1ccc(C)cn1)NC(C)COC. The lowest BCUT2D eigenvalue weighted by Gasteiger charge is -2.17. The van der Waals surface area contributed by atoms with Crippen molar-refractivity contribution in [3.05, 3.63) is 23.9 Å². The Bertz CT molecular complexity index is 487. The average Bonchev–Trinajstić information content (AvgIpc) is 2.49. The number of rotatable bonds is 7. The zero-order valence-electron chi connectivity index (χ0n) is 13.6. The van der Waals surface area contributed by atoms with E-state index in [1.54, 1.807) is 26.4 Å². The van der Waals surface area contributed by atoms with Crippen LogP contribution in [0, 0.1) is 6.92 Å². The van der Waals surface area contributed by atoms with Crippen LogP contribution < -0.4 is 16.0 Å². The number of ether oxygens (including phenoxy) is 1. The van der Waals surface area contributed by atoms with Crippen LogP contribution in [0.4, 0.5) is 5.82 Å². The number of hydrogen-bond acceptors (Lipinski definition) is 4. The molecule has 1 aromatic heterocycles. The van der Waals surface area contributed by atoms with E-state index >= 15 is 0 Å². The summed E-state index contributed by atoms with van der Waals surface area (Å²) in [5.41, 5.74) is 1.06. The molecule has 1 atom stereocenters. The average molecular weight is 307 g/mol. The molecule has 22 heavy (non-hydrogen) atoms. The minimum absolute atomic E-state index is 0.0933. The lowest BCUT2D eigenvalue weighted by molar-refractivity contribution is -0.116. The first-order valence-corrected chi connectivity index (χ1v) is 7.23. The molecule has 0 aliphatic heterocycles. The normalized spacial score (nSPS) is 12.6. The lowest BCUT2D eigenvalue weighted by Crippen LogP contribution is -2.44. The third kappa shape index (κ3) is 7.03. The van der Waals surface area contributed by atoms with Gasteiger partial charge in [-0.3, -0.25) is 9.79 Å². The van der Waals surface area contributed by atoms with Crippen molar-refractivity contribution in [1.82, 2.24) is 15.6 Å². The van der Waals surface area contributed by atoms with Crippen LogP contribution in [0.5, 0.6) is 0 Å². The fourth-order valence-corrected chi connectivity index (χ4v) is 1.76. The summed E-state index contributed by atoms with van der Waals surface area (Å²) in [6.45, 7) is 5.01. The number of aromatic nitrogens is 1. The summed E-state index contributed by atoms with van der Waals surface area (Å²) in [4.78, 5) is 20.1. The molecule has 0 saturated heterocycles. The van der Waals surface area contributed by atoms with Gasteiger partial charge >= 0.3 is 0 Å². The van der Waals surface area contributed by atoms with Gasteiger partial charge in [0, 0.05) is 39.4 Å². The van der Waals surface area contributed by atoms with Crippen LogP contribution in [0.3, 0.4) is 0 Å². The van der Waals surface area contributed by atoms with E-state index in [4.69, 9.17) is 4.74 Å². The summed E-state index contributed by atoms with van der Waals surface area (Å²) in [5, 5.41) is 9.01. The van der Waals surface area contributed by atoms with Gasteiger partial charge in [-0.05, 0) is 25.5 Å². The van der Waals surface area contributed by atoms with Crippen molar-refractivity contribution in [3.8, 4) is 0 Å². The zero-order valence-corrected chi connectivity index (χ0v) is 13.6. The number of hydrogen-bond donors (Lipinski definition) is 3. The van der Waals surface area contributed by atoms with Gasteiger partial charge in [-0.2, -0.15) is 0 Å². The Morgan fingerprint density at radius 2 is 2.23 bits per heavy atom. The van der Waals surface area contributed by atoms with Crippen LogP contribution in [0.1, 0.15) is 18.9 Å². The number of guanidine groups is 1. The third-order valence-corrected chi connectivity index (χ3v) is 2.85. The van der Waals surface area contributed by atoms with Crippen molar-refractivity contribution in [1.29, 1.82) is 0 Å². The summed E-state index contributed by atoms with van der Waals surface area (Å²) in [6.07, 6.45) is 2.05. The van der Waals surface area contributed by atoms with Gasteiger partial charge in [-0.15, -0.1) is 0 Å². The molecule has 1 unspecified atom stereocenters. The molecule has 0 saturated carbocycles. The van der Waals surface area contributed by atoms with E-state index in [1.807, 2.05) is 19.9 Å². The number of nitrogens with zero attached hydrogens (tertiary/aromatic N) is 2. The van der Waals surface area contributed by atoms with E-state index < -0.39 is 0 Å². The summed E-state index contributed by atoms with van der Waals surface area (Å²) in [6, 6.07) is 3.83. The maximum absolute atomic E-state index is 11.8. The predicted molar refractivity (Wildman–Crippen MR) is 88.1 cm³/mol. The van der Waals surface area contributed by atoms with Crippen molar-refractivity contribution in [3.63, 3.8) is 0 Å². The minimum Gasteiger partial charge on any atom is -0.383 e. The smallest absolute Gasteiger partial charge is 0.227 e. The molecule has 3 N–H and O–H groups in total. The van der Waals surface area contributed by atoms with E-state index in [9.17, 15) is 4.79 Å². The third-order valence-electron chi connectivity index (χ3n) is 2.85. The van der Waals surface area contributed by atoms with E-state index in [2.05, 4.69) is 25.9 Å². The molecule has 0 bridgehead atoms. The highest BCUT2D eigenvalue weighted by molar-refractivity contribution is 5.90. The van der Waals surface area contributed by atoms with Crippen molar-refractivity contribution >= 4 is 17.7 Å². The molecule has 122 valence electrons. The maximum atomic E-state index is 11.8. The van der Waals surface area contributed by atoms with Crippen LogP contribution in [0.15, 0.2) is 23.3 Å². The number of amides is 1. The Morgan fingerprint density at radius 1 is 1.45 bits per heavy atom. The molecule has 1 rings (SSSR count). The molecule has 7 nitrogen and oxygen atoms in total. The van der Waals surface area contributed by atoms with Crippen molar-refractivity contribution in [2.45, 2.75) is 26.3 Å². The molecule has 1 heterocycles. The van der Waals surface area contributed by atoms with Crippen LogP contribution in [0.25, 0.3) is 0 Å². The number of carbonyl (C=O) groups is 1. The Morgan fingerprint density at radius 3 is 2.82 bits per heavy atom. The highest BCUT2D eigenvalue weighted by Crippen LogP contribution is 2.03. The van der Waals surface area contributed by atoms with Gasteiger partial charge in [0.05, 0.1) is 6.61 Å². The first-order valence-electron chi connectivity index (χ1n) is 7.23. The van der Waals surface area contributed by atoms with E-state index in [-0.39, 0.29) is 11.9 Å². The zero-order chi connectivity index (χ0) is 16.4. The molecule has 7 heteroatoms. The van der Waals surface area contributed by atoms with Crippen molar-refractivity contribution in [2.75, 3.05) is 32.6 Å². The summed E-state index contributed by atoms with van der Waals surface area (Å²) in [5.74, 6) is 1.11. The fraction of sp³-hybridized carbons (Fsp3) is 0.533. The highest BCUT2D eigenvalue weighted by atomic mass is 16.5. The number of methoxy groups -OCH3 is 1. The molecule has 0 aromatic carbocycles. The van der Waals surface area contributed by atoms with Gasteiger partial charge in [0.2, 0.25) is 5.91 Å². The minimum atomic E-state index is -0.0933. The Labute approximate surface area is 131 Å². The van der Waals surface area contributed by atoms with Crippen molar-refractivity contribution in [2.24, 2.45) is 4.99 Å². The first kappa shape index (κ1) is 17.9. The van der Waals surface area contributed by atoms with Gasteiger partial charge in [0.15, 0.2) is 5.96 Å². The molecule has 0 aliphatic rings. The molecule has 0 aliphatic carbocycles. The summed E-state index contributed by atoms with van der Waals surface area (Å²) in [7, 11) is 3.34. The number of anilines is 1. The Hall–Kier alpha value is -2.15. The Balaban J connectivity index is 2.30. The quantitative estimate of drug-likeness (QED) is 0.515. The highest BCUT2D eigenvalue weighted by Gasteiger charge is 2.06. The van der Waals surface area contributed by atoms with Crippen LogP contribution in [-0.4, -0.2) is 50.2 Å². The van der Waals surface area contributed by atoms with Crippen LogP contribution in [0.2, 0.25) is 0 Å². The van der Waals surface area contributed by atoms with Gasteiger partial charge in [0.1, 0.15) is 5.82 Å². The number of aliphatic imine (C=N–C) groups is 1. The maximum Gasteiger partial charge on any atom is 0.227 e. The molecule has 0 radical (unpaired) electrons. The van der Waals surface area contributed by atoms with E-state index in [0.717, 1.165) is 5.56 Å². The molecular weight excluding hydrogens is 282 g/mol. The van der Waals surface area contributed by atoms with Gasteiger partial charge in [0.25, 0.3) is 0 Å². The van der Waals surface area contributed by atoms with Gasteiger partial charge in [-0.25, -0.2) is 4.98 Å². The largest absolute Gasteiger partial charge is 0.383 e. The van der Waals surface area contributed by atoms with E-state index in [0.29, 0.717) is 31.3 Å². The number of aryl methyl sites for hydroxylation is 1. The Kier molecular flexibility index (Phi) is 7.91. The molecular formula is C15H25N5O2. The van der Waals surface area contributed by atoms with Crippen LogP contribution in [-0.2, 0) is 9.53 Å². The topological polar surface area (TPSA) is 87.6 Å². The summed E-state index contributed by atoms with van der Waals surface area (Å²) >= 11 is 0. The fourth-order valence-electron chi connectivity index (χ4n) is 1.76. The van der Waals surface area contributed by atoms with Gasteiger partial charge < -0.3 is 20.7 Å². The monoisotopic (exact) mass is 307 g/mol. The molecule has 0 fully saturated rings. The number of carbonyl (C=O) groups excluding carboxylic acids is 1. The molecule has 1 amide bonds. The second kappa shape index (κ2) is 9.73. The lowest BCUT2D eigenvalue weighted by atomic mass is 10.3. The predicted octanol–water partition coefficient (Wildman–Crippen LogP) is 0.919. The number of pyridine rings is 1. The molecule has 1 aromatic rings. The summed E-state index contributed by atoms with van der Waals surface area (Å²) < 4.78 is 5.05. The van der Waals surface area contributed by atoms with Gasteiger partial charge in [-0.1, -0.05) is 6.07 Å².